The molecule has 0 saturated carbocycles. The Morgan fingerprint density at radius 1 is 1.35 bits per heavy atom. The van der Waals surface area contributed by atoms with Crippen molar-refractivity contribution in [2.24, 2.45) is 0 Å². The summed E-state index contributed by atoms with van der Waals surface area (Å²) < 4.78 is 39.9. The molecule has 2 aromatic rings. The van der Waals surface area contributed by atoms with Gasteiger partial charge in [-0.05, 0) is 43.0 Å². The topological polar surface area (TPSA) is 79.4 Å². The molecule has 1 aliphatic heterocycles. The Labute approximate surface area is 156 Å². The molecule has 0 bridgehead atoms. The minimum Gasteiger partial charge on any atom is -0.301 e. The van der Waals surface area contributed by atoms with E-state index in [0.717, 1.165) is 17.8 Å². The maximum atomic E-state index is 13.1. The smallest absolute Gasteiger partial charge is 0.244 e. The van der Waals surface area contributed by atoms with E-state index in [0.29, 0.717) is 18.0 Å². The summed E-state index contributed by atoms with van der Waals surface area (Å²) in [5.41, 5.74) is 0.882. The summed E-state index contributed by atoms with van der Waals surface area (Å²) in [6.07, 6.45) is 1.03. The number of sulfonamides is 1. The Hall–Kier alpha value is -1.84. The van der Waals surface area contributed by atoms with Gasteiger partial charge in [-0.1, -0.05) is 13.8 Å². The van der Waals surface area contributed by atoms with Gasteiger partial charge in [-0.15, -0.1) is 11.3 Å². The predicted octanol–water partition coefficient (Wildman–Crippen LogP) is 3.20. The number of hydrogen-bond donors (Lipinski definition) is 1. The Morgan fingerprint density at radius 3 is 2.65 bits per heavy atom. The Balaban J connectivity index is 1.78. The monoisotopic (exact) mass is 397 g/mol. The summed E-state index contributed by atoms with van der Waals surface area (Å²) in [4.78, 5) is 17.0. The maximum absolute atomic E-state index is 13.1. The molecule has 140 valence electrons. The zero-order valence-corrected chi connectivity index (χ0v) is 16.1. The number of amides is 1. The fraction of sp³-hybridized carbons (Fsp3) is 0.412. The van der Waals surface area contributed by atoms with Gasteiger partial charge >= 0.3 is 0 Å². The lowest BCUT2D eigenvalue weighted by Gasteiger charge is -2.23. The minimum absolute atomic E-state index is 0.0186. The number of hydrogen-bond acceptors (Lipinski definition) is 5. The zero-order chi connectivity index (χ0) is 18.9. The highest BCUT2D eigenvalue weighted by Gasteiger charge is 2.39. The molecular weight excluding hydrogens is 377 g/mol. The second-order valence-corrected chi connectivity index (χ2v) is 9.20. The summed E-state index contributed by atoms with van der Waals surface area (Å²) in [5, 5.41) is 5.06. The summed E-state index contributed by atoms with van der Waals surface area (Å²) in [6.45, 7) is 4.27. The number of anilines is 1. The minimum atomic E-state index is -3.86. The average molecular weight is 397 g/mol. The van der Waals surface area contributed by atoms with Gasteiger partial charge in [-0.2, -0.15) is 4.31 Å². The molecule has 6 nitrogen and oxygen atoms in total. The van der Waals surface area contributed by atoms with Gasteiger partial charge in [0.25, 0.3) is 0 Å². The summed E-state index contributed by atoms with van der Waals surface area (Å²) in [7, 11) is -3.86. The van der Waals surface area contributed by atoms with Crippen LogP contribution in [-0.2, 0) is 14.8 Å². The SMILES string of the molecule is CC(C)c1csc(NC(=O)[C@@H]2CCCN2S(=O)(=O)c2ccc(F)cc2)n1. The standard InChI is InChI=1S/C17H20FN3O3S2/c1-11(2)14-10-25-17(19-14)20-16(22)15-4-3-9-21(15)26(23,24)13-7-5-12(18)6-8-13/h5-8,10-11,15H,3-4,9H2,1-2H3,(H,19,20,22)/t15-/m0/s1. The second-order valence-electron chi connectivity index (χ2n) is 6.45. The van der Waals surface area contributed by atoms with E-state index in [2.05, 4.69) is 10.3 Å². The van der Waals surface area contributed by atoms with Crippen molar-refractivity contribution in [2.45, 2.75) is 43.5 Å². The Kier molecular flexibility index (Phi) is 5.40. The van der Waals surface area contributed by atoms with Crippen molar-refractivity contribution < 1.29 is 17.6 Å². The lowest BCUT2D eigenvalue weighted by atomic mass is 10.2. The third-order valence-electron chi connectivity index (χ3n) is 4.27. The van der Waals surface area contributed by atoms with Crippen LogP contribution in [-0.4, -0.2) is 36.2 Å². The first-order valence-corrected chi connectivity index (χ1v) is 10.6. The van der Waals surface area contributed by atoms with Crippen molar-refractivity contribution in [3.63, 3.8) is 0 Å². The number of aromatic nitrogens is 1. The molecule has 3 rings (SSSR count). The van der Waals surface area contributed by atoms with Gasteiger partial charge in [0.1, 0.15) is 11.9 Å². The fourth-order valence-electron chi connectivity index (χ4n) is 2.83. The molecule has 9 heteroatoms. The van der Waals surface area contributed by atoms with Crippen molar-refractivity contribution in [3.05, 3.63) is 41.2 Å². The maximum Gasteiger partial charge on any atom is 0.244 e. The third-order valence-corrected chi connectivity index (χ3v) is 6.97. The van der Waals surface area contributed by atoms with Gasteiger partial charge in [-0.25, -0.2) is 17.8 Å². The molecule has 26 heavy (non-hydrogen) atoms. The molecule has 1 saturated heterocycles. The van der Waals surface area contributed by atoms with Crippen LogP contribution in [0.4, 0.5) is 9.52 Å². The van der Waals surface area contributed by atoms with Crippen LogP contribution in [0.2, 0.25) is 0 Å². The summed E-state index contributed by atoms with van der Waals surface area (Å²) in [5.74, 6) is -0.652. The molecular formula is C17H20FN3O3S2. The van der Waals surface area contributed by atoms with E-state index in [9.17, 15) is 17.6 Å². The van der Waals surface area contributed by atoms with Crippen LogP contribution in [0.25, 0.3) is 0 Å². The van der Waals surface area contributed by atoms with Gasteiger partial charge in [0, 0.05) is 11.9 Å². The fourth-order valence-corrected chi connectivity index (χ4v) is 5.36. The second kappa shape index (κ2) is 7.42. The van der Waals surface area contributed by atoms with Crippen LogP contribution < -0.4 is 5.32 Å². The predicted molar refractivity (Wildman–Crippen MR) is 98.1 cm³/mol. The van der Waals surface area contributed by atoms with E-state index >= 15 is 0 Å². The van der Waals surface area contributed by atoms with Crippen molar-refractivity contribution >= 4 is 32.4 Å². The number of benzene rings is 1. The van der Waals surface area contributed by atoms with Gasteiger partial charge < -0.3 is 5.32 Å². The number of nitrogens with zero attached hydrogens (tertiary/aromatic N) is 2. The highest BCUT2D eigenvalue weighted by molar-refractivity contribution is 7.89. The number of rotatable bonds is 5. The number of carbonyl (C=O) groups excluding carboxylic acids is 1. The van der Waals surface area contributed by atoms with E-state index in [1.54, 1.807) is 0 Å². The van der Waals surface area contributed by atoms with Crippen molar-refractivity contribution in [1.29, 1.82) is 0 Å². The molecule has 1 aliphatic rings. The van der Waals surface area contributed by atoms with Crippen LogP contribution in [0.15, 0.2) is 34.5 Å². The molecule has 0 radical (unpaired) electrons. The molecule has 1 fully saturated rings. The van der Waals surface area contributed by atoms with Crippen molar-refractivity contribution in [2.75, 3.05) is 11.9 Å². The van der Waals surface area contributed by atoms with Gasteiger partial charge in [0.15, 0.2) is 5.13 Å². The van der Waals surface area contributed by atoms with E-state index in [1.807, 2.05) is 19.2 Å². The molecule has 1 aromatic heterocycles. The van der Waals surface area contributed by atoms with Crippen LogP contribution >= 0.6 is 11.3 Å². The largest absolute Gasteiger partial charge is 0.301 e. The molecule has 1 N–H and O–H groups in total. The van der Waals surface area contributed by atoms with Crippen LogP contribution in [0.3, 0.4) is 0 Å². The molecule has 2 heterocycles. The first-order chi connectivity index (χ1) is 12.3. The van der Waals surface area contributed by atoms with E-state index in [4.69, 9.17) is 0 Å². The number of nitrogens with one attached hydrogen (secondary N) is 1. The molecule has 1 amide bonds. The van der Waals surface area contributed by atoms with Crippen LogP contribution in [0.5, 0.6) is 0 Å². The molecule has 0 aliphatic carbocycles. The normalized spacial score (nSPS) is 18.4. The number of carbonyl (C=O) groups is 1. The summed E-state index contributed by atoms with van der Waals surface area (Å²) in [6, 6.07) is 3.83. The van der Waals surface area contributed by atoms with Crippen LogP contribution in [0, 0.1) is 5.82 Å². The lowest BCUT2D eigenvalue weighted by Crippen LogP contribution is -2.43. The zero-order valence-electron chi connectivity index (χ0n) is 14.5. The van der Waals surface area contributed by atoms with Crippen molar-refractivity contribution in [1.82, 2.24) is 9.29 Å². The highest BCUT2D eigenvalue weighted by atomic mass is 32.2. The number of halogens is 1. The van der Waals surface area contributed by atoms with E-state index in [1.165, 1.54) is 27.8 Å². The molecule has 0 unspecified atom stereocenters. The third kappa shape index (κ3) is 3.79. The average Bonchev–Trinajstić information content (AvgIpc) is 3.24. The Morgan fingerprint density at radius 2 is 2.04 bits per heavy atom. The Bertz CT molecular complexity index is 894. The van der Waals surface area contributed by atoms with Gasteiger partial charge in [0.2, 0.25) is 15.9 Å². The first kappa shape index (κ1) is 18.9. The first-order valence-electron chi connectivity index (χ1n) is 8.32. The van der Waals surface area contributed by atoms with E-state index in [-0.39, 0.29) is 17.4 Å². The van der Waals surface area contributed by atoms with Crippen molar-refractivity contribution in [3.8, 4) is 0 Å². The summed E-state index contributed by atoms with van der Waals surface area (Å²) >= 11 is 1.32. The highest BCUT2D eigenvalue weighted by Crippen LogP contribution is 2.28. The number of thiazole rings is 1. The molecule has 1 atom stereocenters. The van der Waals surface area contributed by atoms with Gasteiger partial charge in [-0.3, -0.25) is 4.79 Å². The van der Waals surface area contributed by atoms with Crippen LogP contribution in [0.1, 0.15) is 38.3 Å². The molecule has 0 spiro atoms. The quantitative estimate of drug-likeness (QED) is 0.840. The molecule has 1 aromatic carbocycles. The van der Waals surface area contributed by atoms with Gasteiger partial charge in [0.05, 0.1) is 10.6 Å². The lowest BCUT2D eigenvalue weighted by molar-refractivity contribution is -0.119. The van der Waals surface area contributed by atoms with E-state index < -0.39 is 27.8 Å².